The lowest BCUT2D eigenvalue weighted by molar-refractivity contribution is -0.134. The average Bonchev–Trinajstić information content (AvgIpc) is 2.78. The van der Waals surface area contributed by atoms with Crippen molar-refractivity contribution in [1.29, 1.82) is 0 Å². The lowest BCUT2D eigenvalue weighted by Gasteiger charge is -2.00. The first-order valence-electron chi connectivity index (χ1n) is 5.42. The van der Waals surface area contributed by atoms with Gasteiger partial charge in [-0.15, -0.1) is 0 Å². The fraction of sp³-hybridized carbons (Fsp3) is 0.214. The Kier molecular flexibility index (Phi) is 4.04. The van der Waals surface area contributed by atoms with Crippen LogP contribution in [0.2, 0.25) is 0 Å². The third-order valence-corrected chi connectivity index (χ3v) is 3.59. The zero-order valence-electron chi connectivity index (χ0n) is 9.68. The highest BCUT2D eigenvalue weighted by Crippen LogP contribution is 2.30. The Morgan fingerprint density at radius 2 is 1.94 bits per heavy atom. The molecular weight excluding hydrogens is 232 g/mol. The fourth-order valence-electron chi connectivity index (χ4n) is 1.68. The van der Waals surface area contributed by atoms with E-state index in [1.54, 1.807) is 6.08 Å². The van der Waals surface area contributed by atoms with Crippen LogP contribution in [-0.2, 0) is 9.53 Å². The van der Waals surface area contributed by atoms with Crippen LogP contribution in [0.25, 0.3) is 6.08 Å². The Hall–Kier alpha value is -1.48. The summed E-state index contributed by atoms with van der Waals surface area (Å²) in [7, 11) is 1.40. The molecule has 0 saturated carbocycles. The molecule has 0 N–H and O–H groups in total. The van der Waals surface area contributed by atoms with Crippen molar-refractivity contribution in [2.45, 2.75) is 0 Å². The molecule has 0 spiro atoms. The number of carbonyl (C=O) groups excluding carboxylic acids is 1. The molecule has 88 valence electrons. The second kappa shape index (κ2) is 5.73. The van der Waals surface area contributed by atoms with Crippen LogP contribution in [0.5, 0.6) is 0 Å². The van der Waals surface area contributed by atoms with Crippen LogP contribution in [0.3, 0.4) is 0 Å². The molecule has 1 aliphatic heterocycles. The van der Waals surface area contributed by atoms with Crippen molar-refractivity contribution in [2.24, 2.45) is 0 Å². The van der Waals surface area contributed by atoms with E-state index in [1.807, 2.05) is 30.0 Å². The fourth-order valence-corrected chi connectivity index (χ4v) is 2.76. The summed E-state index contributed by atoms with van der Waals surface area (Å²) in [5.74, 6) is 1.56. The first kappa shape index (κ1) is 12.0. The molecule has 1 aromatic carbocycles. The Morgan fingerprint density at radius 1 is 1.24 bits per heavy atom. The predicted octanol–water partition coefficient (Wildman–Crippen LogP) is 2.92. The molecule has 0 unspecified atom stereocenters. The van der Waals surface area contributed by atoms with Crippen LogP contribution in [0.1, 0.15) is 5.56 Å². The van der Waals surface area contributed by atoms with Crippen LogP contribution in [0.15, 0.2) is 47.6 Å². The summed E-state index contributed by atoms with van der Waals surface area (Å²) in [6, 6.07) is 10.1. The van der Waals surface area contributed by atoms with Crippen LogP contribution < -0.4 is 0 Å². The van der Waals surface area contributed by atoms with Gasteiger partial charge in [0.15, 0.2) is 0 Å². The van der Waals surface area contributed by atoms with Gasteiger partial charge in [-0.3, -0.25) is 0 Å². The van der Waals surface area contributed by atoms with Crippen molar-refractivity contribution in [3.05, 3.63) is 53.1 Å². The molecule has 17 heavy (non-hydrogen) atoms. The van der Waals surface area contributed by atoms with Gasteiger partial charge in [0.05, 0.1) is 7.11 Å². The summed E-state index contributed by atoms with van der Waals surface area (Å²) >= 11 is 1.82. The predicted molar refractivity (Wildman–Crippen MR) is 71.8 cm³/mol. The lowest BCUT2D eigenvalue weighted by atomic mass is 10.1. The van der Waals surface area contributed by atoms with Gasteiger partial charge in [0.1, 0.15) is 0 Å². The summed E-state index contributed by atoms with van der Waals surface area (Å²) in [6.45, 7) is 0. The second-order valence-electron chi connectivity index (χ2n) is 3.77. The quantitative estimate of drug-likeness (QED) is 0.593. The molecule has 3 heteroatoms. The second-order valence-corrected chi connectivity index (χ2v) is 4.75. The van der Waals surface area contributed by atoms with Gasteiger partial charge in [-0.25, -0.2) is 4.79 Å². The highest BCUT2D eigenvalue weighted by Gasteiger charge is 2.15. The van der Waals surface area contributed by atoms with E-state index < -0.39 is 0 Å². The third-order valence-electron chi connectivity index (χ3n) is 2.56. The van der Waals surface area contributed by atoms with E-state index in [9.17, 15) is 4.79 Å². The maximum atomic E-state index is 11.2. The van der Waals surface area contributed by atoms with Crippen molar-refractivity contribution in [1.82, 2.24) is 0 Å². The Morgan fingerprint density at radius 3 is 2.65 bits per heavy atom. The van der Waals surface area contributed by atoms with Gasteiger partial charge in [-0.1, -0.05) is 36.4 Å². The molecule has 0 radical (unpaired) electrons. The number of esters is 1. The molecule has 0 atom stereocenters. The largest absolute Gasteiger partial charge is 0.466 e. The molecule has 2 nitrogen and oxygen atoms in total. The topological polar surface area (TPSA) is 26.3 Å². The summed E-state index contributed by atoms with van der Waals surface area (Å²) < 4.78 is 4.66. The molecular formula is C14H14O2S. The van der Waals surface area contributed by atoms with Crippen LogP contribution in [-0.4, -0.2) is 24.6 Å². The maximum Gasteiger partial charge on any atom is 0.330 e. The first-order valence-corrected chi connectivity index (χ1v) is 6.57. The zero-order chi connectivity index (χ0) is 12.1. The van der Waals surface area contributed by atoms with Crippen molar-refractivity contribution in [3.8, 4) is 0 Å². The number of thioether (sulfide) groups is 1. The molecule has 1 saturated heterocycles. The molecule has 1 heterocycles. The number of ether oxygens (including phenoxy) is 1. The van der Waals surface area contributed by atoms with Crippen LogP contribution >= 0.6 is 11.8 Å². The Balaban J connectivity index is 2.23. The number of hydrogen-bond donors (Lipinski definition) is 0. The minimum absolute atomic E-state index is 0.276. The van der Waals surface area contributed by atoms with Crippen LogP contribution in [0.4, 0.5) is 0 Å². The van der Waals surface area contributed by atoms with E-state index in [4.69, 9.17) is 0 Å². The molecule has 1 aromatic rings. The maximum absolute atomic E-state index is 11.2. The molecule has 1 aliphatic rings. The number of rotatable bonds is 2. The van der Waals surface area contributed by atoms with Gasteiger partial charge in [0.2, 0.25) is 0 Å². The molecule has 0 aliphatic carbocycles. The molecule has 0 bridgehead atoms. The number of hydrogen-bond acceptors (Lipinski definition) is 3. The van der Waals surface area contributed by atoms with Crippen molar-refractivity contribution in [3.63, 3.8) is 0 Å². The summed E-state index contributed by atoms with van der Waals surface area (Å²) in [5, 5.41) is 0. The SMILES string of the molecule is COC(=O)/C=C1/CSC/C1=C/c1ccccc1. The van der Waals surface area contributed by atoms with E-state index in [0.29, 0.717) is 0 Å². The van der Waals surface area contributed by atoms with Gasteiger partial charge in [-0.05, 0) is 16.7 Å². The highest BCUT2D eigenvalue weighted by atomic mass is 32.2. The zero-order valence-corrected chi connectivity index (χ0v) is 10.5. The monoisotopic (exact) mass is 246 g/mol. The Bertz CT molecular complexity index is 460. The normalized spacial score (nSPS) is 19.8. The van der Waals surface area contributed by atoms with Gasteiger partial charge in [-0.2, -0.15) is 11.8 Å². The lowest BCUT2D eigenvalue weighted by Crippen LogP contribution is -1.98. The van der Waals surface area contributed by atoms with Crippen molar-refractivity contribution in [2.75, 3.05) is 18.6 Å². The smallest absolute Gasteiger partial charge is 0.330 e. The number of methoxy groups -OCH3 is 1. The van der Waals surface area contributed by atoms with E-state index >= 15 is 0 Å². The van der Waals surface area contributed by atoms with E-state index in [2.05, 4.69) is 22.9 Å². The average molecular weight is 246 g/mol. The molecule has 1 fully saturated rings. The van der Waals surface area contributed by atoms with Gasteiger partial charge < -0.3 is 4.74 Å². The van der Waals surface area contributed by atoms with Gasteiger partial charge >= 0.3 is 5.97 Å². The van der Waals surface area contributed by atoms with E-state index in [0.717, 1.165) is 17.1 Å². The van der Waals surface area contributed by atoms with Crippen LogP contribution in [0, 0.1) is 0 Å². The third kappa shape index (κ3) is 3.24. The van der Waals surface area contributed by atoms with Gasteiger partial charge in [0.25, 0.3) is 0 Å². The number of benzene rings is 1. The summed E-state index contributed by atoms with van der Waals surface area (Å²) in [4.78, 5) is 11.2. The van der Waals surface area contributed by atoms with E-state index in [1.165, 1.54) is 18.2 Å². The van der Waals surface area contributed by atoms with Crippen molar-refractivity contribution >= 4 is 23.8 Å². The molecule has 0 amide bonds. The Labute approximate surface area is 105 Å². The minimum atomic E-state index is -0.276. The van der Waals surface area contributed by atoms with Crippen molar-refractivity contribution < 1.29 is 9.53 Å². The minimum Gasteiger partial charge on any atom is -0.466 e. The number of carbonyl (C=O) groups is 1. The standard InChI is InChI=1S/C14H14O2S/c1-16-14(15)8-13-10-17-9-12(13)7-11-5-3-2-4-6-11/h2-8H,9-10H2,1H3/b12-7-,13-8-. The highest BCUT2D eigenvalue weighted by molar-refractivity contribution is 8.00. The molecule has 2 rings (SSSR count). The summed E-state index contributed by atoms with van der Waals surface area (Å²) in [6.07, 6.45) is 3.73. The molecule has 0 aromatic heterocycles. The van der Waals surface area contributed by atoms with E-state index in [-0.39, 0.29) is 5.97 Å². The van der Waals surface area contributed by atoms with Gasteiger partial charge in [0, 0.05) is 17.6 Å². The first-order chi connectivity index (χ1) is 8.29. The summed E-state index contributed by atoms with van der Waals surface area (Å²) in [5.41, 5.74) is 3.46.